The Morgan fingerprint density at radius 2 is 1.63 bits per heavy atom. The van der Waals surface area contributed by atoms with Gasteiger partial charge in [0.15, 0.2) is 16.4 Å². The fourth-order valence-electron chi connectivity index (χ4n) is 4.11. The highest BCUT2D eigenvalue weighted by molar-refractivity contribution is 7.97. The lowest BCUT2D eigenvalue weighted by Crippen LogP contribution is -2.41. The second kappa shape index (κ2) is 11.1. The maximum absolute atomic E-state index is 14.5. The van der Waals surface area contributed by atoms with E-state index in [1.54, 1.807) is 12.1 Å². The van der Waals surface area contributed by atoms with Crippen molar-refractivity contribution in [2.45, 2.75) is 13.5 Å². The van der Waals surface area contributed by atoms with Crippen molar-refractivity contribution in [1.29, 1.82) is 0 Å². The van der Waals surface area contributed by atoms with Gasteiger partial charge in [0, 0.05) is 17.2 Å². The van der Waals surface area contributed by atoms with Gasteiger partial charge in [-0.25, -0.2) is 17.2 Å². The number of hydrogen-bond acceptors (Lipinski definition) is 6. The largest absolute Gasteiger partial charge is 0.493 e. The smallest absolute Gasteiger partial charge is 0.270 e. The molecule has 0 saturated carbocycles. The summed E-state index contributed by atoms with van der Waals surface area (Å²) in [5.41, 5.74) is 0.965. The second-order valence-corrected chi connectivity index (χ2v) is 10.1. The van der Waals surface area contributed by atoms with Crippen molar-refractivity contribution in [1.82, 2.24) is 5.32 Å². The monoisotopic (exact) mass is 544 g/mol. The average molecular weight is 545 g/mol. The number of carbonyl (C=O) groups is 1. The van der Waals surface area contributed by atoms with Crippen LogP contribution in [-0.4, -0.2) is 41.7 Å². The van der Waals surface area contributed by atoms with Gasteiger partial charge >= 0.3 is 0 Å². The molecule has 1 aliphatic heterocycles. The molecule has 3 aromatic rings. The quantitative estimate of drug-likeness (QED) is 0.405. The summed E-state index contributed by atoms with van der Waals surface area (Å²) in [5, 5.41) is 2.57. The van der Waals surface area contributed by atoms with Gasteiger partial charge < -0.3 is 19.5 Å². The summed E-state index contributed by atoms with van der Waals surface area (Å²) in [6.07, 6.45) is 0. The first-order valence-corrected chi connectivity index (χ1v) is 13.0. The number of fused-ring (bicyclic) bond motifs is 1. The molecule has 0 atom stereocenters. The number of nitrogens with one attached hydrogen (secondary N) is 1. The van der Waals surface area contributed by atoms with Crippen LogP contribution in [0, 0.1) is 11.6 Å². The molecule has 0 bridgehead atoms. The minimum Gasteiger partial charge on any atom is -0.493 e. The fourth-order valence-corrected chi connectivity index (χ4v) is 5.86. The highest BCUT2D eigenvalue weighted by atomic mass is 32.2. The van der Waals surface area contributed by atoms with E-state index in [1.807, 2.05) is 0 Å². The summed E-state index contributed by atoms with van der Waals surface area (Å²) in [5.74, 6) is -0.830. The van der Waals surface area contributed by atoms with Gasteiger partial charge in [-0.15, -0.1) is 0 Å². The number of rotatable bonds is 9. The number of halogens is 2. The molecule has 0 radical (unpaired) electrons. The second-order valence-electron chi connectivity index (χ2n) is 8.34. The van der Waals surface area contributed by atoms with Crippen molar-refractivity contribution in [3.05, 3.63) is 88.3 Å². The Morgan fingerprint density at radius 1 is 0.974 bits per heavy atom. The van der Waals surface area contributed by atoms with Crippen LogP contribution in [0.25, 0.3) is 5.57 Å². The van der Waals surface area contributed by atoms with Gasteiger partial charge in [0.25, 0.3) is 15.9 Å². The Labute approximate surface area is 219 Å². The van der Waals surface area contributed by atoms with Gasteiger partial charge in [0.1, 0.15) is 24.0 Å². The van der Waals surface area contributed by atoms with Gasteiger partial charge in [-0.3, -0.25) is 9.10 Å². The maximum atomic E-state index is 14.5. The van der Waals surface area contributed by atoms with Crippen LogP contribution in [0.15, 0.2) is 65.6 Å². The Balaban J connectivity index is 1.68. The third-order valence-electron chi connectivity index (χ3n) is 6.01. The first-order chi connectivity index (χ1) is 18.2. The van der Waals surface area contributed by atoms with Crippen LogP contribution in [0.3, 0.4) is 0 Å². The molecule has 3 aromatic carbocycles. The van der Waals surface area contributed by atoms with Crippen LogP contribution >= 0.6 is 0 Å². The van der Waals surface area contributed by atoms with Crippen LogP contribution in [0.5, 0.6) is 17.2 Å². The number of amides is 1. The SMILES string of the molecule is COc1cc2c(cc1OC)N(Cc1ccccc1F)S(=O)(=O)C(C(=O)NCCOc1ccc(F)cc1)=C2C. The topological polar surface area (TPSA) is 94.2 Å². The van der Waals surface area contributed by atoms with Gasteiger partial charge in [0.2, 0.25) is 0 Å². The first kappa shape index (κ1) is 26.9. The predicted octanol–water partition coefficient (Wildman–Crippen LogP) is 4.26. The molecule has 11 heteroatoms. The molecule has 1 aliphatic rings. The summed E-state index contributed by atoms with van der Waals surface area (Å²) < 4.78 is 72.5. The van der Waals surface area contributed by atoms with Crippen molar-refractivity contribution in [3.63, 3.8) is 0 Å². The zero-order valence-corrected chi connectivity index (χ0v) is 21.8. The van der Waals surface area contributed by atoms with E-state index in [-0.39, 0.29) is 42.3 Å². The van der Waals surface area contributed by atoms with Crippen molar-refractivity contribution >= 4 is 27.2 Å². The minimum absolute atomic E-state index is 0.0182. The van der Waals surface area contributed by atoms with Crippen LogP contribution in [0.2, 0.25) is 0 Å². The Bertz CT molecular complexity index is 1490. The summed E-state index contributed by atoms with van der Waals surface area (Å²) in [6.45, 7) is 1.17. The third kappa shape index (κ3) is 5.28. The molecule has 38 heavy (non-hydrogen) atoms. The number of anilines is 1. The van der Waals surface area contributed by atoms with Crippen molar-refractivity contribution < 1.29 is 36.2 Å². The number of methoxy groups -OCH3 is 2. The van der Waals surface area contributed by atoms with E-state index in [0.717, 1.165) is 4.31 Å². The standard InChI is InChI=1S/C27H26F2N2O6S/c1-17-21-14-24(35-2)25(36-3)15-23(21)31(16-18-6-4-5-7-22(18)29)38(33,34)26(17)27(32)30-12-13-37-20-10-8-19(28)9-11-20/h4-11,14-15H,12-13,16H2,1-3H3,(H,30,32). The Morgan fingerprint density at radius 3 is 2.29 bits per heavy atom. The van der Waals surface area contributed by atoms with Gasteiger partial charge in [-0.2, -0.15) is 0 Å². The number of ether oxygens (including phenoxy) is 3. The highest BCUT2D eigenvalue weighted by Gasteiger charge is 2.40. The molecule has 0 aromatic heterocycles. The summed E-state index contributed by atoms with van der Waals surface area (Å²) >= 11 is 0. The lowest BCUT2D eigenvalue weighted by molar-refractivity contribution is -0.116. The van der Waals surface area contributed by atoms with Crippen molar-refractivity contribution in [2.24, 2.45) is 0 Å². The number of sulfonamides is 1. The van der Waals surface area contributed by atoms with Gasteiger partial charge in [-0.1, -0.05) is 18.2 Å². The lowest BCUT2D eigenvalue weighted by atomic mass is 10.0. The maximum Gasteiger partial charge on any atom is 0.270 e. The fraction of sp³-hybridized carbons (Fsp3) is 0.222. The van der Waals surface area contributed by atoms with Crippen LogP contribution in [-0.2, 0) is 21.4 Å². The Hall–Kier alpha value is -4.12. The van der Waals surface area contributed by atoms with Crippen LogP contribution < -0.4 is 23.8 Å². The van der Waals surface area contributed by atoms with Crippen molar-refractivity contribution in [2.75, 3.05) is 31.7 Å². The zero-order chi connectivity index (χ0) is 27.4. The molecule has 0 unspecified atom stereocenters. The number of carbonyl (C=O) groups excluding carboxylic acids is 1. The molecule has 0 spiro atoms. The minimum atomic E-state index is -4.42. The Kier molecular flexibility index (Phi) is 7.86. The lowest BCUT2D eigenvalue weighted by Gasteiger charge is -2.33. The first-order valence-electron chi connectivity index (χ1n) is 11.6. The van der Waals surface area contributed by atoms with E-state index in [1.165, 1.54) is 69.7 Å². The predicted molar refractivity (Wildman–Crippen MR) is 139 cm³/mol. The molecular formula is C27H26F2N2O6S. The number of benzene rings is 3. The highest BCUT2D eigenvalue weighted by Crippen LogP contribution is 2.45. The number of hydrogen-bond donors (Lipinski definition) is 1. The summed E-state index contributed by atoms with van der Waals surface area (Å²) in [4.78, 5) is 12.7. The average Bonchev–Trinajstić information content (AvgIpc) is 2.90. The van der Waals surface area contributed by atoms with E-state index in [4.69, 9.17) is 14.2 Å². The van der Waals surface area contributed by atoms with E-state index in [9.17, 15) is 22.0 Å². The molecule has 1 N–H and O–H groups in total. The van der Waals surface area contributed by atoms with Gasteiger partial charge in [0.05, 0.1) is 33.0 Å². The van der Waals surface area contributed by atoms with E-state index in [2.05, 4.69) is 5.32 Å². The van der Waals surface area contributed by atoms with E-state index < -0.39 is 32.5 Å². The van der Waals surface area contributed by atoms with Crippen molar-refractivity contribution in [3.8, 4) is 17.2 Å². The molecular weight excluding hydrogens is 518 g/mol. The van der Waals surface area contributed by atoms with E-state index in [0.29, 0.717) is 17.1 Å². The number of allylic oxidation sites excluding steroid dienone is 1. The molecule has 4 rings (SSSR count). The molecule has 8 nitrogen and oxygen atoms in total. The van der Waals surface area contributed by atoms with Gasteiger partial charge in [-0.05, 0) is 48.9 Å². The van der Waals surface area contributed by atoms with Crippen LogP contribution in [0.4, 0.5) is 14.5 Å². The summed E-state index contributed by atoms with van der Waals surface area (Å²) in [6, 6.07) is 14.2. The van der Waals surface area contributed by atoms with E-state index >= 15 is 0 Å². The number of nitrogens with zero attached hydrogens (tertiary/aromatic N) is 1. The summed E-state index contributed by atoms with van der Waals surface area (Å²) in [7, 11) is -1.57. The third-order valence-corrected chi connectivity index (χ3v) is 7.92. The molecule has 0 aliphatic carbocycles. The molecule has 0 fully saturated rings. The molecule has 1 heterocycles. The zero-order valence-electron chi connectivity index (χ0n) is 21.0. The molecule has 200 valence electrons. The molecule has 0 saturated heterocycles. The normalized spacial score (nSPS) is 14.1. The molecule has 1 amide bonds. The van der Waals surface area contributed by atoms with Crippen LogP contribution in [0.1, 0.15) is 18.1 Å².